The number of fused-ring (bicyclic) bond motifs is 5. The smallest absolute Gasteiger partial charge is 0.187 e. The van der Waals surface area contributed by atoms with Crippen LogP contribution in [-0.2, 0) is 42.7 Å². The molecule has 4 aliphatic heterocycles. The Kier molecular flexibility index (Phi) is 18.4. The van der Waals surface area contributed by atoms with Crippen molar-refractivity contribution in [2.24, 2.45) is 45.3 Å². The molecule has 4 saturated heterocycles. The van der Waals surface area contributed by atoms with Crippen molar-refractivity contribution < 1.29 is 114 Å². The number of aldehydes is 1. The van der Waals surface area contributed by atoms with Crippen molar-refractivity contribution in [3.8, 4) is 0 Å². The van der Waals surface area contributed by atoms with E-state index in [0.29, 0.717) is 44.9 Å². The van der Waals surface area contributed by atoms with Gasteiger partial charge in [0.15, 0.2) is 25.2 Å². The van der Waals surface area contributed by atoms with Crippen LogP contribution in [0.1, 0.15) is 106 Å². The Morgan fingerprint density at radius 2 is 1.20 bits per heavy atom. The number of allylic oxidation sites excluding steroid dienone is 2. The van der Waals surface area contributed by atoms with Crippen molar-refractivity contribution in [2.75, 3.05) is 26.4 Å². The Morgan fingerprint density at radius 1 is 0.632 bits per heavy atom. The van der Waals surface area contributed by atoms with Crippen LogP contribution >= 0.6 is 0 Å². The van der Waals surface area contributed by atoms with E-state index < -0.39 is 188 Å². The van der Waals surface area contributed by atoms with Crippen LogP contribution in [0.15, 0.2) is 11.6 Å². The Bertz CT molecular complexity index is 1990. The maximum Gasteiger partial charge on any atom is 0.187 e. The predicted octanol–water partition coefficient (Wildman–Crippen LogP) is -2.38. The van der Waals surface area contributed by atoms with E-state index in [4.69, 9.17) is 37.9 Å². The normalized spacial score (nSPS) is 52.1. The second-order valence-corrected chi connectivity index (χ2v) is 24.9. The maximum atomic E-state index is 14.2. The third kappa shape index (κ3) is 10.4. The van der Waals surface area contributed by atoms with E-state index in [2.05, 4.69) is 13.8 Å². The number of hydrogen-bond donors (Lipinski definition) is 14. The first-order valence-electron chi connectivity index (χ1n) is 27.3. The summed E-state index contributed by atoms with van der Waals surface area (Å²) in [6.45, 7) is 11.5. The number of ether oxygens (including phenoxy) is 8. The summed E-state index contributed by atoms with van der Waals surface area (Å²) in [5.41, 5.74) is -3.44. The summed E-state index contributed by atoms with van der Waals surface area (Å²) >= 11 is 0. The van der Waals surface area contributed by atoms with Gasteiger partial charge in [-0.05, 0) is 118 Å². The topological polar surface area (TPSA) is 374 Å². The fourth-order valence-corrected chi connectivity index (χ4v) is 15.7. The molecule has 23 heteroatoms. The molecule has 0 spiro atoms. The number of aliphatic hydroxyl groups excluding tert-OH is 13. The third-order valence-electron chi connectivity index (χ3n) is 20.3. The minimum absolute atomic E-state index is 0.226. The molecule has 4 aliphatic carbocycles. The van der Waals surface area contributed by atoms with Crippen molar-refractivity contribution in [3.05, 3.63) is 11.6 Å². The highest BCUT2D eigenvalue weighted by molar-refractivity contribution is 5.62. The van der Waals surface area contributed by atoms with Gasteiger partial charge in [0.25, 0.3) is 0 Å². The van der Waals surface area contributed by atoms with Crippen LogP contribution in [0.5, 0.6) is 0 Å². The van der Waals surface area contributed by atoms with Gasteiger partial charge in [0.05, 0.1) is 50.3 Å². The highest BCUT2D eigenvalue weighted by Gasteiger charge is 2.73. The van der Waals surface area contributed by atoms with Gasteiger partial charge in [0.1, 0.15) is 91.7 Å². The summed E-state index contributed by atoms with van der Waals surface area (Å²) in [6.07, 6.45) is -24.6. The standard InChI is InChI=1S/C53H88O23/c1-23(2)9-8-13-53(68,22-70-45-40(65)38(63)35(60)28(18-54)72-45)25-10-14-51(7)33(25)26(57)17-31-50(51,6)15-11-30-49(4,5)32(12-16-52(30,31)21-56)74-48-44(76-46-41(66)37(62)34(59)24(3)71-46)43(27(58)20-69-48)75-47-42(67)39(64)36(61)29(19-55)73-47/h9,21,24-48,54-55,57-68H,8,10-20,22H2,1-7H3/t24-,25-,26+,27-,28+,29+,30+,31-,32+,33-,34-,35+,36+,37+,38-,39-,40+,41+,42+,43-,44+,45+,46-,47-,48+,50+,51+,52-,53+/m0/s1. The number of hydrogen-bond acceptors (Lipinski definition) is 23. The molecule has 0 aromatic rings. The van der Waals surface area contributed by atoms with Crippen molar-refractivity contribution in [1.29, 1.82) is 0 Å². The number of carbonyl (C=O) groups is 1. The first-order valence-corrected chi connectivity index (χ1v) is 27.3. The molecule has 4 saturated carbocycles. The maximum absolute atomic E-state index is 14.2. The van der Waals surface area contributed by atoms with Crippen LogP contribution in [0.4, 0.5) is 0 Å². The quantitative estimate of drug-likeness (QED) is 0.0436. The minimum Gasteiger partial charge on any atom is -0.394 e. The Morgan fingerprint density at radius 3 is 1.80 bits per heavy atom. The Hall–Kier alpha value is -1.47. The van der Waals surface area contributed by atoms with Crippen LogP contribution in [0.3, 0.4) is 0 Å². The fraction of sp³-hybridized carbons (Fsp3) is 0.943. The van der Waals surface area contributed by atoms with Crippen LogP contribution < -0.4 is 0 Å². The van der Waals surface area contributed by atoms with Crippen LogP contribution in [0, 0.1) is 45.3 Å². The van der Waals surface area contributed by atoms with Crippen molar-refractivity contribution in [1.82, 2.24) is 0 Å². The fourth-order valence-electron chi connectivity index (χ4n) is 15.7. The average Bonchev–Trinajstić information content (AvgIpc) is 3.84. The van der Waals surface area contributed by atoms with Crippen molar-refractivity contribution in [3.63, 3.8) is 0 Å². The highest BCUT2D eigenvalue weighted by atomic mass is 16.8. The molecule has 438 valence electrons. The van der Waals surface area contributed by atoms with E-state index in [9.17, 15) is 76.3 Å². The molecule has 0 bridgehead atoms. The van der Waals surface area contributed by atoms with Gasteiger partial charge in [-0.15, -0.1) is 0 Å². The average molecular weight is 1090 g/mol. The van der Waals surface area contributed by atoms with Gasteiger partial charge in [0.2, 0.25) is 0 Å². The largest absolute Gasteiger partial charge is 0.394 e. The first kappa shape index (κ1) is 60.6. The van der Waals surface area contributed by atoms with Gasteiger partial charge in [-0.2, -0.15) is 0 Å². The minimum atomic E-state index is -1.88. The molecule has 8 rings (SSSR count). The molecular formula is C53H88O23. The van der Waals surface area contributed by atoms with E-state index >= 15 is 0 Å². The van der Waals surface area contributed by atoms with E-state index in [0.717, 1.165) is 11.9 Å². The first-order chi connectivity index (χ1) is 35.7. The molecule has 0 aromatic heterocycles. The molecule has 8 fully saturated rings. The van der Waals surface area contributed by atoms with Gasteiger partial charge >= 0.3 is 0 Å². The SMILES string of the molecule is CC(C)=CCC[C@@](O)(CO[C@@H]1O[C@H](CO)[C@@H](O)[C@H](O)[C@H]1O)[C@H]1CC[C@]2(C)[C@@H]1[C@H](O)C[C@@H]1[C@]3(C=O)CC[C@@H](O[C@H]4OC[C@H](O)[C@H](O[C@@H]5O[C@H](CO)[C@@H](O)[C@H](O)[C@H]5O)[C@H]4O[C@@H]4O[C@@H](C)[C@H](O)[C@@H](O)[C@H]4O)C(C)(C)[C@H]3CC[C@]12C. The van der Waals surface area contributed by atoms with Gasteiger partial charge in [0, 0.05) is 5.41 Å². The van der Waals surface area contributed by atoms with Crippen LogP contribution in [0.2, 0.25) is 0 Å². The van der Waals surface area contributed by atoms with Crippen molar-refractivity contribution >= 4 is 6.29 Å². The van der Waals surface area contributed by atoms with E-state index in [1.807, 2.05) is 33.8 Å². The summed E-state index contributed by atoms with van der Waals surface area (Å²) in [4.78, 5) is 14.2. The number of carbonyl (C=O) groups excluding carboxylic acids is 1. The molecule has 8 aliphatic rings. The summed E-state index contributed by atoms with van der Waals surface area (Å²) in [5.74, 6) is -1.61. The zero-order valence-electron chi connectivity index (χ0n) is 44.7. The lowest BCUT2D eigenvalue weighted by Crippen LogP contribution is -2.69. The summed E-state index contributed by atoms with van der Waals surface area (Å²) in [7, 11) is 0. The summed E-state index contributed by atoms with van der Waals surface area (Å²) in [5, 5.41) is 153. The zero-order chi connectivity index (χ0) is 55.8. The van der Waals surface area contributed by atoms with Gasteiger partial charge in [-0.25, -0.2) is 0 Å². The van der Waals surface area contributed by atoms with Gasteiger partial charge in [-0.3, -0.25) is 0 Å². The second kappa shape index (κ2) is 23.1. The molecule has 76 heavy (non-hydrogen) atoms. The summed E-state index contributed by atoms with van der Waals surface area (Å²) in [6, 6.07) is 0. The Labute approximate surface area is 443 Å². The molecular weight excluding hydrogens is 1000 g/mol. The lowest BCUT2D eigenvalue weighted by Gasteiger charge is -2.70. The van der Waals surface area contributed by atoms with E-state index in [1.54, 1.807) is 0 Å². The predicted molar refractivity (Wildman–Crippen MR) is 261 cm³/mol. The summed E-state index contributed by atoms with van der Waals surface area (Å²) < 4.78 is 48.7. The van der Waals surface area contributed by atoms with Crippen LogP contribution in [-0.4, -0.2) is 239 Å². The van der Waals surface area contributed by atoms with Gasteiger partial charge < -0.3 is 114 Å². The number of rotatable bonds is 16. The lowest BCUT2D eigenvalue weighted by molar-refractivity contribution is -0.388. The Balaban J connectivity index is 1.05. The molecule has 29 atom stereocenters. The lowest BCUT2D eigenvalue weighted by atomic mass is 9.35. The van der Waals surface area contributed by atoms with E-state index in [-0.39, 0.29) is 31.3 Å². The molecule has 0 amide bonds. The van der Waals surface area contributed by atoms with Gasteiger partial charge in [-0.1, -0.05) is 39.3 Å². The van der Waals surface area contributed by atoms with E-state index in [1.165, 1.54) is 6.92 Å². The molecule has 0 aromatic carbocycles. The molecule has 4 heterocycles. The number of aliphatic hydroxyl groups is 14. The molecule has 0 unspecified atom stereocenters. The highest BCUT2D eigenvalue weighted by Crippen LogP contribution is 2.76. The third-order valence-corrected chi connectivity index (χ3v) is 20.3. The van der Waals surface area contributed by atoms with Crippen molar-refractivity contribution in [2.45, 2.75) is 241 Å². The monoisotopic (exact) mass is 1090 g/mol. The van der Waals surface area contributed by atoms with Crippen LogP contribution in [0.25, 0.3) is 0 Å². The molecule has 23 nitrogen and oxygen atoms in total. The molecule has 14 N–H and O–H groups in total. The second-order valence-electron chi connectivity index (χ2n) is 24.9. The zero-order valence-corrected chi connectivity index (χ0v) is 44.7. The molecule has 0 radical (unpaired) electrons.